The summed E-state index contributed by atoms with van der Waals surface area (Å²) in [5.74, 6) is 1.31. The van der Waals surface area contributed by atoms with Crippen LogP contribution in [-0.2, 0) is 5.60 Å². The molecule has 0 atom stereocenters. The van der Waals surface area contributed by atoms with E-state index in [2.05, 4.69) is 15.9 Å². The van der Waals surface area contributed by atoms with Gasteiger partial charge in [-0.05, 0) is 41.9 Å². The van der Waals surface area contributed by atoms with Gasteiger partial charge < -0.3 is 14.6 Å². The van der Waals surface area contributed by atoms with E-state index in [0.29, 0.717) is 17.1 Å². The fraction of sp³-hybridized carbons (Fsp3) is 0.455. The molecule has 0 fully saturated rings. The molecule has 15 heavy (non-hydrogen) atoms. The van der Waals surface area contributed by atoms with Gasteiger partial charge >= 0.3 is 0 Å². The minimum Gasteiger partial charge on any atom is -0.496 e. The van der Waals surface area contributed by atoms with Crippen LogP contribution in [0.3, 0.4) is 0 Å². The highest BCUT2D eigenvalue weighted by Crippen LogP contribution is 2.41. The summed E-state index contributed by atoms with van der Waals surface area (Å²) in [6, 6.07) is 3.56. The second-order valence-electron chi connectivity index (χ2n) is 3.72. The second-order valence-corrected chi connectivity index (χ2v) is 4.51. The van der Waals surface area contributed by atoms with Crippen molar-refractivity contribution in [1.82, 2.24) is 0 Å². The lowest BCUT2D eigenvalue weighted by atomic mass is 9.97. The van der Waals surface area contributed by atoms with Crippen molar-refractivity contribution >= 4 is 15.9 Å². The zero-order valence-corrected chi connectivity index (χ0v) is 10.9. The van der Waals surface area contributed by atoms with Crippen LogP contribution in [0.2, 0.25) is 0 Å². The maximum Gasteiger partial charge on any atom is 0.133 e. The molecule has 0 saturated carbocycles. The van der Waals surface area contributed by atoms with Gasteiger partial charge in [-0.1, -0.05) is 0 Å². The van der Waals surface area contributed by atoms with Crippen LogP contribution in [0.5, 0.6) is 11.5 Å². The normalized spacial score (nSPS) is 11.3. The van der Waals surface area contributed by atoms with Crippen molar-refractivity contribution in [1.29, 1.82) is 0 Å². The van der Waals surface area contributed by atoms with Gasteiger partial charge in [0.2, 0.25) is 0 Å². The largest absolute Gasteiger partial charge is 0.496 e. The molecule has 0 amide bonds. The van der Waals surface area contributed by atoms with E-state index in [1.807, 2.05) is 0 Å². The summed E-state index contributed by atoms with van der Waals surface area (Å²) in [5, 5.41) is 10.0. The molecule has 0 aliphatic rings. The van der Waals surface area contributed by atoms with Crippen molar-refractivity contribution in [2.45, 2.75) is 19.4 Å². The van der Waals surface area contributed by atoms with Gasteiger partial charge in [-0.2, -0.15) is 0 Å². The lowest BCUT2D eigenvalue weighted by Crippen LogP contribution is -2.18. The topological polar surface area (TPSA) is 38.7 Å². The van der Waals surface area contributed by atoms with Crippen molar-refractivity contribution in [2.24, 2.45) is 0 Å². The highest BCUT2D eigenvalue weighted by Gasteiger charge is 2.26. The van der Waals surface area contributed by atoms with Crippen molar-refractivity contribution in [3.05, 3.63) is 22.2 Å². The van der Waals surface area contributed by atoms with E-state index in [-0.39, 0.29) is 0 Å². The quantitative estimate of drug-likeness (QED) is 0.921. The van der Waals surface area contributed by atoms with Gasteiger partial charge in [0.1, 0.15) is 11.5 Å². The molecule has 1 aromatic carbocycles. The molecule has 0 bridgehead atoms. The van der Waals surface area contributed by atoms with Gasteiger partial charge in [0.05, 0.1) is 24.3 Å². The van der Waals surface area contributed by atoms with E-state index in [1.165, 1.54) is 0 Å². The Labute approximate surface area is 98.1 Å². The number of hydrogen-bond acceptors (Lipinski definition) is 3. The number of rotatable bonds is 3. The molecule has 0 aliphatic heterocycles. The molecular formula is C11H15BrO3. The molecule has 0 unspecified atom stereocenters. The molecule has 1 N–H and O–H groups in total. The number of methoxy groups -OCH3 is 2. The number of aliphatic hydroxyl groups is 1. The molecule has 0 radical (unpaired) electrons. The molecular weight excluding hydrogens is 260 g/mol. The molecule has 0 spiro atoms. The zero-order valence-electron chi connectivity index (χ0n) is 9.30. The van der Waals surface area contributed by atoms with Gasteiger partial charge in [0.25, 0.3) is 0 Å². The third kappa shape index (κ3) is 2.44. The maximum absolute atomic E-state index is 10.0. The van der Waals surface area contributed by atoms with Crippen molar-refractivity contribution in [2.75, 3.05) is 14.2 Å². The van der Waals surface area contributed by atoms with Crippen LogP contribution in [0, 0.1) is 0 Å². The minimum absolute atomic E-state index is 0.634. The van der Waals surface area contributed by atoms with E-state index in [0.717, 1.165) is 4.47 Å². The number of hydrogen-bond donors (Lipinski definition) is 1. The average Bonchev–Trinajstić information content (AvgIpc) is 2.15. The summed E-state index contributed by atoms with van der Waals surface area (Å²) in [6.07, 6.45) is 0. The molecule has 1 rings (SSSR count). The van der Waals surface area contributed by atoms with Crippen molar-refractivity contribution in [3.63, 3.8) is 0 Å². The Morgan fingerprint density at radius 3 is 2.00 bits per heavy atom. The predicted molar refractivity (Wildman–Crippen MR) is 62.5 cm³/mol. The molecule has 84 valence electrons. The monoisotopic (exact) mass is 274 g/mol. The van der Waals surface area contributed by atoms with Gasteiger partial charge in [-0.25, -0.2) is 0 Å². The van der Waals surface area contributed by atoms with Crippen LogP contribution in [0.15, 0.2) is 16.6 Å². The summed E-state index contributed by atoms with van der Waals surface area (Å²) < 4.78 is 11.1. The van der Waals surface area contributed by atoms with Gasteiger partial charge in [-0.15, -0.1) is 0 Å². The van der Waals surface area contributed by atoms with Crippen LogP contribution in [-0.4, -0.2) is 19.3 Å². The zero-order chi connectivity index (χ0) is 11.6. The van der Waals surface area contributed by atoms with E-state index in [4.69, 9.17) is 9.47 Å². The predicted octanol–water partition coefficient (Wildman–Crippen LogP) is 2.69. The minimum atomic E-state index is -0.987. The number of halogens is 1. The molecule has 3 nitrogen and oxygen atoms in total. The first-order chi connectivity index (χ1) is 6.91. The van der Waals surface area contributed by atoms with E-state index < -0.39 is 5.60 Å². The lowest BCUT2D eigenvalue weighted by molar-refractivity contribution is 0.0745. The molecule has 0 aromatic heterocycles. The first-order valence-electron chi connectivity index (χ1n) is 4.55. The van der Waals surface area contributed by atoms with Crippen LogP contribution < -0.4 is 9.47 Å². The fourth-order valence-corrected chi connectivity index (χ4v) is 2.41. The number of ether oxygens (including phenoxy) is 2. The fourth-order valence-electron chi connectivity index (χ4n) is 1.44. The lowest BCUT2D eigenvalue weighted by Gasteiger charge is -2.23. The second kappa shape index (κ2) is 4.41. The van der Waals surface area contributed by atoms with Gasteiger partial charge in [0, 0.05) is 5.56 Å². The van der Waals surface area contributed by atoms with Crippen molar-refractivity contribution < 1.29 is 14.6 Å². The van der Waals surface area contributed by atoms with Gasteiger partial charge in [0.15, 0.2) is 0 Å². The Morgan fingerprint density at radius 2 is 1.60 bits per heavy atom. The Morgan fingerprint density at radius 1 is 1.13 bits per heavy atom. The Hall–Kier alpha value is -0.740. The van der Waals surface area contributed by atoms with Crippen LogP contribution >= 0.6 is 15.9 Å². The van der Waals surface area contributed by atoms with Crippen molar-refractivity contribution in [3.8, 4) is 11.5 Å². The summed E-state index contributed by atoms with van der Waals surface area (Å²) in [4.78, 5) is 0. The summed E-state index contributed by atoms with van der Waals surface area (Å²) in [6.45, 7) is 3.41. The molecule has 0 heterocycles. The molecule has 1 aromatic rings. The summed E-state index contributed by atoms with van der Waals surface area (Å²) >= 11 is 3.40. The van der Waals surface area contributed by atoms with Crippen LogP contribution in [0.4, 0.5) is 0 Å². The van der Waals surface area contributed by atoms with E-state index >= 15 is 0 Å². The first kappa shape index (κ1) is 12.3. The maximum atomic E-state index is 10.0. The summed E-state index contributed by atoms with van der Waals surface area (Å²) in [7, 11) is 3.16. The Balaban J connectivity index is 3.43. The molecule has 0 aliphatic carbocycles. The first-order valence-corrected chi connectivity index (χ1v) is 5.34. The highest BCUT2D eigenvalue weighted by molar-refractivity contribution is 9.10. The third-order valence-electron chi connectivity index (χ3n) is 2.12. The van der Waals surface area contributed by atoms with Crippen LogP contribution in [0.1, 0.15) is 19.4 Å². The van der Waals surface area contributed by atoms with Gasteiger partial charge in [-0.3, -0.25) is 0 Å². The molecule has 0 saturated heterocycles. The molecule has 4 heteroatoms. The Bertz CT molecular complexity index is 356. The summed E-state index contributed by atoms with van der Waals surface area (Å²) in [5.41, 5.74) is -0.303. The van der Waals surface area contributed by atoms with Crippen LogP contribution in [0.25, 0.3) is 0 Å². The number of benzene rings is 1. The van der Waals surface area contributed by atoms with E-state index in [9.17, 15) is 5.11 Å². The smallest absolute Gasteiger partial charge is 0.133 e. The highest BCUT2D eigenvalue weighted by atomic mass is 79.9. The standard InChI is InChI=1S/C11H15BrO3/c1-11(2,13)9-7(14-3)5-6-8(15-4)10(9)12/h5-6,13H,1-4H3. The average molecular weight is 275 g/mol. The SMILES string of the molecule is COc1ccc(OC)c(C(C)(C)O)c1Br. The third-order valence-corrected chi connectivity index (χ3v) is 2.91. The van der Waals surface area contributed by atoms with E-state index in [1.54, 1.807) is 40.2 Å². The Kier molecular flexibility index (Phi) is 3.62.